The van der Waals surface area contributed by atoms with Gasteiger partial charge in [0.15, 0.2) is 0 Å². The Balaban J connectivity index is 0.780. The monoisotopic (exact) mass is 1110 g/mol. The van der Waals surface area contributed by atoms with Gasteiger partial charge in [0.1, 0.15) is 11.6 Å². The minimum absolute atomic E-state index is 0.628. The van der Waals surface area contributed by atoms with E-state index in [1.165, 1.54) is 54.9 Å². The maximum atomic E-state index is 3.75. The van der Waals surface area contributed by atoms with Crippen molar-refractivity contribution in [3.8, 4) is 45.3 Å². The average Bonchev–Trinajstić information content (AvgIpc) is 1.64. The highest BCUT2D eigenvalue weighted by Gasteiger charge is 2.46. The van der Waals surface area contributed by atoms with Gasteiger partial charge in [0.2, 0.25) is 0 Å². The average molecular weight is 1110 g/mol. The zero-order valence-corrected chi connectivity index (χ0v) is 47.5. The molecule has 0 aliphatic heterocycles. The van der Waals surface area contributed by atoms with Crippen molar-refractivity contribution in [2.75, 3.05) is 9.80 Å². The van der Waals surface area contributed by atoms with Crippen molar-refractivity contribution in [2.45, 2.75) is 5.41 Å². The first kappa shape index (κ1) is 50.0. The fourth-order valence-electron chi connectivity index (χ4n) is 14.1. The van der Waals surface area contributed by atoms with Crippen LogP contribution in [0.3, 0.4) is 0 Å². The standard InChI is InChI=1S/C81H56N6/c1-5-21-55(22-6-1)73-47-51-79(82-73)86-75-35-19-15-31-67(75)69-53-63(45-49-77(69)86)84(59-25-9-3-10-26-59)61-41-37-57(38-42-61)81(71-33-17-13-29-65(71)66-30-14-18-34-72(66)81)58-39-43-62(44-40-58)85(60-27-11-4-12-28-60)64-46-50-78-70(54-64)68-32-16-20-36-76(68)87(78)80-52-48-74(83-80)56-23-7-2-8-24-56/h1-54,82-83H. The maximum absolute atomic E-state index is 3.75. The summed E-state index contributed by atoms with van der Waals surface area (Å²) in [5.74, 6) is 2.06. The summed E-state index contributed by atoms with van der Waals surface area (Å²) in [6, 6.07) is 119. The molecular formula is C81H56N6. The Kier molecular flexibility index (Phi) is 11.7. The van der Waals surface area contributed by atoms with E-state index in [-0.39, 0.29) is 0 Å². The Morgan fingerprint density at radius 2 is 0.586 bits per heavy atom. The van der Waals surface area contributed by atoms with E-state index in [0.717, 1.165) is 90.3 Å². The Morgan fingerprint density at radius 3 is 1.01 bits per heavy atom. The predicted octanol–water partition coefficient (Wildman–Crippen LogP) is 21.2. The van der Waals surface area contributed by atoms with Gasteiger partial charge in [0.25, 0.3) is 0 Å². The van der Waals surface area contributed by atoms with E-state index in [0.29, 0.717) is 0 Å². The number of anilines is 6. The maximum Gasteiger partial charge on any atom is 0.115 e. The minimum Gasteiger partial charge on any atom is -0.341 e. The fraction of sp³-hybridized carbons (Fsp3) is 0.0123. The van der Waals surface area contributed by atoms with Crippen LogP contribution in [0.4, 0.5) is 34.1 Å². The zero-order chi connectivity index (χ0) is 57.4. The topological polar surface area (TPSA) is 47.9 Å². The number of nitrogens with one attached hydrogen (secondary N) is 2. The Hall–Kier alpha value is -11.6. The van der Waals surface area contributed by atoms with Crippen LogP contribution in [0.5, 0.6) is 0 Å². The van der Waals surface area contributed by atoms with Crippen LogP contribution in [-0.4, -0.2) is 19.1 Å². The third-order valence-corrected chi connectivity index (χ3v) is 17.9. The lowest BCUT2D eigenvalue weighted by atomic mass is 9.67. The van der Waals surface area contributed by atoms with E-state index in [1.54, 1.807) is 0 Å². The Morgan fingerprint density at radius 1 is 0.253 bits per heavy atom. The first-order valence-electron chi connectivity index (χ1n) is 29.8. The lowest BCUT2D eigenvalue weighted by Crippen LogP contribution is -2.28. The molecule has 0 bridgehead atoms. The van der Waals surface area contributed by atoms with Crippen LogP contribution in [0.25, 0.3) is 88.9 Å². The van der Waals surface area contributed by atoms with Crippen LogP contribution >= 0.6 is 0 Å². The third kappa shape index (κ3) is 8.03. The molecule has 87 heavy (non-hydrogen) atoms. The molecule has 0 fully saturated rings. The normalized spacial score (nSPS) is 12.5. The fourth-order valence-corrected chi connectivity index (χ4v) is 14.1. The number of hydrogen-bond acceptors (Lipinski definition) is 2. The molecule has 4 aromatic heterocycles. The van der Waals surface area contributed by atoms with Gasteiger partial charge in [-0.2, -0.15) is 0 Å². The molecule has 16 aromatic rings. The molecule has 1 aliphatic rings. The second-order valence-corrected chi connectivity index (χ2v) is 22.6. The minimum atomic E-state index is -0.628. The predicted molar refractivity (Wildman–Crippen MR) is 361 cm³/mol. The van der Waals surface area contributed by atoms with Crippen LogP contribution in [0.15, 0.2) is 328 Å². The molecule has 0 amide bonds. The molecule has 2 N–H and O–H groups in total. The molecule has 0 spiro atoms. The van der Waals surface area contributed by atoms with Gasteiger partial charge in [-0.25, -0.2) is 0 Å². The number of benzene rings is 12. The molecule has 410 valence electrons. The largest absolute Gasteiger partial charge is 0.341 e. The first-order valence-corrected chi connectivity index (χ1v) is 29.8. The molecule has 1 aliphatic carbocycles. The molecule has 0 unspecified atom stereocenters. The van der Waals surface area contributed by atoms with Gasteiger partial charge in [-0.1, -0.05) is 206 Å². The lowest BCUT2D eigenvalue weighted by molar-refractivity contribution is 0.768. The molecule has 0 atom stereocenters. The van der Waals surface area contributed by atoms with Gasteiger partial charge in [-0.15, -0.1) is 0 Å². The zero-order valence-electron chi connectivity index (χ0n) is 47.5. The lowest BCUT2D eigenvalue weighted by Gasteiger charge is -2.35. The van der Waals surface area contributed by atoms with Gasteiger partial charge in [0.05, 0.1) is 27.5 Å². The number of nitrogens with zero attached hydrogens (tertiary/aromatic N) is 4. The number of aromatic amines is 2. The van der Waals surface area contributed by atoms with Crippen molar-refractivity contribution in [3.05, 3.63) is 350 Å². The summed E-state index contributed by atoms with van der Waals surface area (Å²) in [5.41, 5.74) is 22.3. The highest BCUT2D eigenvalue weighted by molar-refractivity contribution is 6.12. The molecule has 6 heteroatoms. The van der Waals surface area contributed by atoms with E-state index in [4.69, 9.17) is 0 Å². The van der Waals surface area contributed by atoms with Crippen molar-refractivity contribution in [2.24, 2.45) is 0 Å². The molecular weight excluding hydrogens is 1060 g/mol. The summed E-state index contributed by atoms with van der Waals surface area (Å²) < 4.78 is 4.72. The third-order valence-electron chi connectivity index (χ3n) is 17.9. The summed E-state index contributed by atoms with van der Waals surface area (Å²) >= 11 is 0. The summed E-state index contributed by atoms with van der Waals surface area (Å²) in [7, 11) is 0. The van der Waals surface area contributed by atoms with E-state index < -0.39 is 5.41 Å². The van der Waals surface area contributed by atoms with E-state index in [9.17, 15) is 0 Å². The van der Waals surface area contributed by atoms with Gasteiger partial charge in [0, 0.05) is 67.1 Å². The summed E-state index contributed by atoms with van der Waals surface area (Å²) in [6.07, 6.45) is 0. The quantitative estimate of drug-likeness (QED) is 0.128. The van der Waals surface area contributed by atoms with Crippen molar-refractivity contribution >= 4 is 77.7 Å². The highest BCUT2D eigenvalue weighted by atomic mass is 15.2. The smallest absolute Gasteiger partial charge is 0.115 e. The van der Waals surface area contributed by atoms with Gasteiger partial charge in [-0.3, -0.25) is 9.13 Å². The van der Waals surface area contributed by atoms with Gasteiger partial charge in [-0.05, 0) is 166 Å². The number of hydrogen-bond donors (Lipinski definition) is 2. The van der Waals surface area contributed by atoms with Gasteiger partial charge < -0.3 is 19.8 Å². The molecule has 17 rings (SSSR count). The van der Waals surface area contributed by atoms with Crippen molar-refractivity contribution < 1.29 is 0 Å². The van der Waals surface area contributed by atoms with Crippen LogP contribution in [-0.2, 0) is 5.41 Å². The number of H-pyrrole nitrogens is 2. The van der Waals surface area contributed by atoms with Crippen LogP contribution in [0.2, 0.25) is 0 Å². The second-order valence-electron chi connectivity index (χ2n) is 22.6. The van der Waals surface area contributed by atoms with Crippen molar-refractivity contribution in [1.82, 2.24) is 19.1 Å². The van der Waals surface area contributed by atoms with E-state index in [1.807, 2.05) is 0 Å². The molecule has 4 heterocycles. The summed E-state index contributed by atoms with van der Waals surface area (Å²) in [6.45, 7) is 0. The molecule has 12 aromatic carbocycles. The SMILES string of the molecule is c1ccc(-c2ccc(-n3c4ccccc4c4cc(N(c5ccccc5)c5ccc(C6(c7ccc(N(c8ccccc8)c8ccc9c(c8)c8ccccc8n9-c8ccc(-c9ccccc9)[nH]8)cc7)c7ccccc7-c7ccccc76)cc5)ccc43)[nH]2)cc1. The van der Waals surface area contributed by atoms with Crippen LogP contribution < -0.4 is 9.80 Å². The number of aromatic nitrogens is 4. The molecule has 0 saturated heterocycles. The van der Waals surface area contributed by atoms with Crippen LogP contribution in [0.1, 0.15) is 22.3 Å². The van der Waals surface area contributed by atoms with Crippen LogP contribution in [0, 0.1) is 0 Å². The van der Waals surface area contributed by atoms with Gasteiger partial charge >= 0.3 is 0 Å². The molecule has 0 radical (unpaired) electrons. The summed E-state index contributed by atoms with van der Waals surface area (Å²) in [5, 5.41) is 4.76. The van der Waals surface area contributed by atoms with Crippen molar-refractivity contribution in [1.29, 1.82) is 0 Å². The van der Waals surface area contributed by atoms with Crippen molar-refractivity contribution in [3.63, 3.8) is 0 Å². The molecule has 0 saturated carbocycles. The second kappa shape index (κ2) is 20.3. The highest BCUT2D eigenvalue weighted by Crippen LogP contribution is 2.57. The van der Waals surface area contributed by atoms with E-state index in [2.05, 4.69) is 356 Å². The number of fused-ring (bicyclic) bond motifs is 9. The number of rotatable bonds is 12. The molecule has 6 nitrogen and oxygen atoms in total. The Labute approximate surface area is 504 Å². The first-order chi connectivity index (χ1) is 43.2. The Bertz CT molecular complexity index is 4880. The van der Waals surface area contributed by atoms with E-state index >= 15 is 0 Å². The summed E-state index contributed by atoms with van der Waals surface area (Å²) in [4.78, 5) is 12.3. The number of para-hydroxylation sites is 4.